The fourth-order valence-electron chi connectivity index (χ4n) is 1.37. The van der Waals surface area contributed by atoms with Crippen molar-refractivity contribution in [2.45, 2.75) is 13.1 Å². The second kappa shape index (κ2) is 5.63. The summed E-state index contributed by atoms with van der Waals surface area (Å²) >= 11 is 0. The van der Waals surface area contributed by atoms with E-state index in [1.807, 2.05) is 0 Å². The minimum absolute atomic E-state index is 0.115. The van der Waals surface area contributed by atoms with Crippen molar-refractivity contribution in [1.82, 2.24) is 0 Å². The van der Waals surface area contributed by atoms with Crippen molar-refractivity contribution in [2.75, 3.05) is 13.7 Å². The van der Waals surface area contributed by atoms with E-state index in [1.165, 1.54) is 7.11 Å². The molecule has 15 heavy (non-hydrogen) atoms. The summed E-state index contributed by atoms with van der Waals surface area (Å²) in [5.41, 5.74) is 0.830. The second-order valence-corrected chi connectivity index (χ2v) is 3.02. The third kappa shape index (κ3) is 2.87. The number of hydrogen-bond acceptors (Lipinski definition) is 3. The van der Waals surface area contributed by atoms with E-state index in [2.05, 4.69) is 4.84 Å². The zero-order valence-corrected chi connectivity index (χ0v) is 8.43. The Labute approximate surface area is 86.7 Å². The van der Waals surface area contributed by atoms with Gasteiger partial charge in [0.1, 0.15) is 6.67 Å². The van der Waals surface area contributed by atoms with E-state index < -0.39 is 12.5 Å². The fourth-order valence-corrected chi connectivity index (χ4v) is 1.37. The van der Waals surface area contributed by atoms with Gasteiger partial charge in [0.2, 0.25) is 0 Å². The number of benzene rings is 1. The van der Waals surface area contributed by atoms with Crippen molar-refractivity contribution in [3.05, 3.63) is 29.1 Å². The molecule has 0 amide bonds. The van der Waals surface area contributed by atoms with Gasteiger partial charge in [0, 0.05) is 6.42 Å². The highest BCUT2D eigenvalue weighted by atomic mass is 19.1. The van der Waals surface area contributed by atoms with Crippen LogP contribution in [0.25, 0.3) is 0 Å². The molecule has 0 aliphatic heterocycles. The number of methoxy groups -OCH3 is 1. The number of ether oxygens (including phenoxy) is 1. The van der Waals surface area contributed by atoms with Crippen molar-refractivity contribution >= 4 is 0 Å². The summed E-state index contributed by atoms with van der Waals surface area (Å²) in [4.78, 5) is 4.39. The zero-order chi connectivity index (χ0) is 11.3. The number of rotatable bonds is 5. The summed E-state index contributed by atoms with van der Waals surface area (Å²) < 4.78 is 30.6. The van der Waals surface area contributed by atoms with E-state index in [9.17, 15) is 8.78 Å². The molecule has 0 saturated heterocycles. The van der Waals surface area contributed by atoms with Crippen molar-refractivity contribution < 1.29 is 18.4 Å². The second-order valence-electron chi connectivity index (χ2n) is 3.02. The highest BCUT2D eigenvalue weighted by molar-refractivity contribution is 5.38. The first-order valence-electron chi connectivity index (χ1n) is 4.45. The Kier molecular flexibility index (Phi) is 4.45. The Bertz CT molecular complexity index is 331. The van der Waals surface area contributed by atoms with Crippen molar-refractivity contribution in [3.63, 3.8) is 0 Å². The van der Waals surface area contributed by atoms with Crippen LogP contribution in [0.4, 0.5) is 8.78 Å². The molecule has 1 aromatic rings. The van der Waals surface area contributed by atoms with E-state index >= 15 is 0 Å². The third-order valence-corrected chi connectivity index (χ3v) is 2.03. The predicted molar refractivity (Wildman–Crippen MR) is 51.6 cm³/mol. The maximum atomic E-state index is 13.4. The van der Waals surface area contributed by atoms with Crippen LogP contribution in [0, 0.1) is 5.82 Å². The largest absolute Gasteiger partial charge is 0.493 e. The van der Waals surface area contributed by atoms with Gasteiger partial charge in [-0.05, 0) is 23.3 Å². The van der Waals surface area contributed by atoms with E-state index in [0.29, 0.717) is 12.0 Å². The molecule has 3 nitrogen and oxygen atoms in total. The van der Waals surface area contributed by atoms with E-state index in [-0.39, 0.29) is 17.9 Å². The van der Waals surface area contributed by atoms with E-state index in [0.717, 1.165) is 6.07 Å². The van der Waals surface area contributed by atoms with Crippen LogP contribution >= 0.6 is 0 Å². The van der Waals surface area contributed by atoms with Crippen LogP contribution in [0.2, 0.25) is 0 Å². The van der Waals surface area contributed by atoms with Gasteiger partial charge in [-0.2, -0.15) is 0 Å². The topological polar surface area (TPSA) is 44.5 Å². The van der Waals surface area contributed by atoms with Gasteiger partial charge in [0.05, 0.1) is 13.7 Å². The lowest BCUT2D eigenvalue weighted by Gasteiger charge is -2.10. The van der Waals surface area contributed by atoms with Crippen molar-refractivity contribution in [3.8, 4) is 5.75 Å². The first-order chi connectivity index (χ1) is 7.22. The molecular weight excluding hydrogens is 204 g/mol. The summed E-state index contributed by atoms with van der Waals surface area (Å²) in [5.74, 6) is 4.41. The lowest BCUT2D eigenvalue weighted by Crippen LogP contribution is -2.06. The smallest absolute Gasteiger partial charge is 0.165 e. The summed E-state index contributed by atoms with van der Waals surface area (Å²) in [5, 5.41) is 0. The Morgan fingerprint density at radius 2 is 2.13 bits per heavy atom. The minimum Gasteiger partial charge on any atom is -0.493 e. The van der Waals surface area contributed by atoms with Gasteiger partial charge in [-0.25, -0.2) is 14.7 Å². The normalized spacial score (nSPS) is 10.4. The van der Waals surface area contributed by atoms with Gasteiger partial charge >= 0.3 is 0 Å². The number of halogens is 2. The molecule has 0 radical (unpaired) electrons. The Hall–Kier alpha value is -1.20. The quantitative estimate of drug-likeness (QED) is 0.764. The SMILES string of the molecule is COc1c(F)cc(CF)cc1CCON. The monoisotopic (exact) mass is 217 g/mol. The standard InChI is InChI=1S/C10H13F2NO2/c1-14-10-8(2-3-15-13)4-7(6-11)5-9(10)12/h4-5H,2-3,6,13H2,1H3. The maximum absolute atomic E-state index is 13.4. The molecule has 2 N–H and O–H groups in total. The molecule has 1 aromatic carbocycles. The number of alkyl halides is 1. The minimum atomic E-state index is -0.711. The van der Waals surface area contributed by atoms with Crippen molar-refractivity contribution in [1.29, 1.82) is 0 Å². The number of hydrogen-bond donors (Lipinski definition) is 1. The fraction of sp³-hybridized carbons (Fsp3) is 0.400. The van der Waals surface area contributed by atoms with Crippen LogP contribution < -0.4 is 10.6 Å². The van der Waals surface area contributed by atoms with Gasteiger partial charge in [-0.1, -0.05) is 0 Å². The summed E-state index contributed by atoms with van der Waals surface area (Å²) in [6.07, 6.45) is 0.379. The molecule has 0 atom stereocenters. The van der Waals surface area contributed by atoms with Gasteiger partial charge in [-0.15, -0.1) is 0 Å². The molecule has 84 valence electrons. The van der Waals surface area contributed by atoms with E-state index in [4.69, 9.17) is 10.6 Å². The lowest BCUT2D eigenvalue weighted by atomic mass is 10.1. The Morgan fingerprint density at radius 3 is 2.67 bits per heavy atom. The van der Waals surface area contributed by atoms with Crippen LogP contribution in [0.3, 0.4) is 0 Å². The highest BCUT2D eigenvalue weighted by Crippen LogP contribution is 2.25. The molecule has 0 aliphatic rings. The molecule has 0 saturated carbocycles. The molecule has 0 fully saturated rings. The predicted octanol–water partition coefficient (Wildman–Crippen LogP) is 1.74. The molecule has 5 heteroatoms. The Morgan fingerprint density at radius 1 is 1.40 bits per heavy atom. The van der Waals surface area contributed by atoms with Gasteiger partial charge in [0.15, 0.2) is 11.6 Å². The maximum Gasteiger partial charge on any atom is 0.165 e. The molecular formula is C10H13F2NO2. The van der Waals surface area contributed by atoms with Crippen molar-refractivity contribution in [2.24, 2.45) is 5.90 Å². The summed E-state index contributed by atoms with van der Waals surface area (Å²) in [6.45, 7) is -0.483. The molecule has 0 unspecified atom stereocenters. The van der Waals surface area contributed by atoms with Crippen LogP contribution in [0.1, 0.15) is 11.1 Å². The van der Waals surface area contributed by atoms with Crippen LogP contribution in [0.15, 0.2) is 12.1 Å². The zero-order valence-electron chi connectivity index (χ0n) is 8.43. The molecule has 0 spiro atoms. The highest BCUT2D eigenvalue weighted by Gasteiger charge is 2.11. The van der Waals surface area contributed by atoms with Crippen LogP contribution in [-0.4, -0.2) is 13.7 Å². The molecule has 0 heterocycles. The molecule has 0 aromatic heterocycles. The van der Waals surface area contributed by atoms with Crippen LogP contribution in [-0.2, 0) is 17.9 Å². The van der Waals surface area contributed by atoms with Crippen LogP contribution in [0.5, 0.6) is 5.75 Å². The molecule has 0 bridgehead atoms. The van der Waals surface area contributed by atoms with Gasteiger partial charge in [0.25, 0.3) is 0 Å². The molecule has 0 aliphatic carbocycles. The summed E-state index contributed by atoms with van der Waals surface area (Å²) in [7, 11) is 1.36. The average molecular weight is 217 g/mol. The average Bonchev–Trinajstić information content (AvgIpc) is 2.25. The number of nitrogens with two attached hydrogens (primary N) is 1. The van der Waals surface area contributed by atoms with Gasteiger partial charge < -0.3 is 9.57 Å². The third-order valence-electron chi connectivity index (χ3n) is 2.03. The van der Waals surface area contributed by atoms with Gasteiger partial charge in [-0.3, -0.25) is 0 Å². The summed E-state index contributed by atoms with van der Waals surface area (Å²) in [6, 6.07) is 2.66. The lowest BCUT2D eigenvalue weighted by molar-refractivity contribution is 0.140. The molecule has 1 rings (SSSR count). The first kappa shape index (κ1) is 11.9. The van der Waals surface area contributed by atoms with E-state index in [1.54, 1.807) is 6.07 Å². The Balaban J connectivity index is 3.02. The first-order valence-corrected chi connectivity index (χ1v) is 4.45.